The van der Waals surface area contributed by atoms with Crippen LogP contribution in [-0.2, 0) is 16.6 Å². The number of amides is 1. The number of nitrogens with one attached hydrogen (secondary N) is 1. The molecule has 2 aromatic rings. The lowest BCUT2D eigenvalue weighted by molar-refractivity contribution is 0.0947. The number of thiazole rings is 1. The highest BCUT2D eigenvalue weighted by molar-refractivity contribution is 7.89. The van der Waals surface area contributed by atoms with E-state index in [1.54, 1.807) is 0 Å². The molecule has 0 atom stereocenters. The standard InChI is InChI=1S/C13H15N3O4S2/c1-8-16-9(7-21-8)6-15-13(17)11-5-10(22(14,18)19)3-4-12(11)20-2/h3-5,7H,6H2,1-2H3,(H,15,17)(H2,14,18,19). The van der Waals surface area contributed by atoms with Gasteiger partial charge in [0, 0.05) is 5.38 Å². The fourth-order valence-corrected chi connectivity index (χ4v) is 2.95. The highest BCUT2D eigenvalue weighted by Crippen LogP contribution is 2.22. The van der Waals surface area contributed by atoms with Crippen LogP contribution in [0.5, 0.6) is 5.75 Å². The fourth-order valence-electron chi connectivity index (χ4n) is 1.80. The van der Waals surface area contributed by atoms with Crippen molar-refractivity contribution in [2.75, 3.05) is 7.11 Å². The fraction of sp³-hybridized carbons (Fsp3) is 0.231. The first-order valence-corrected chi connectivity index (χ1v) is 8.64. The van der Waals surface area contributed by atoms with E-state index in [1.807, 2.05) is 12.3 Å². The van der Waals surface area contributed by atoms with Gasteiger partial charge in [0.15, 0.2) is 0 Å². The number of carbonyl (C=O) groups excluding carboxylic acids is 1. The third kappa shape index (κ3) is 3.81. The molecule has 7 nitrogen and oxygen atoms in total. The van der Waals surface area contributed by atoms with Gasteiger partial charge >= 0.3 is 0 Å². The van der Waals surface area contributed by atoms with Crippen molar-refractivity contribution in [1.82, 2.24) is 10.3 Å². The van der Waals surface area contributed by atoms with E-state index >= 15 is 0 Å². The number of carbonyl (C=O) groups is 1. The number of nitrogens with zero attached hydrogens (tertiary/aromatic N) is 1. The van der Waals surface area contributed by atoms with E-state index < -0.39 is 15.9 Å². The highest BCUT2D eigenvalue weighted by Gasteiger charge is 2.17. The van der Waals surface area contributed by atoms with Crippen LogP contribution in [0.4, 0.5) is 0 Å². The van der Waals surface area contributed by atoms with Gasteiger partial charge in [0.25, 0.3) is 5.91 Å². The second-order valence-corrected chi connectivity index (χ2v) is 7.07. The van der Waals surface area contributed by atoms with Crippen molar-refractivity contribution in [3.8, 4) is 5.75 Å². The molecule has 118 valence electrons. The van der Waals surface area contributed by atoms with E-state index in [0.29, 0.717) is 0 Å². The van der Waals surface area contributed by atoms with Crippen molar-refractivity contribution in [1.29, 1.82) is 0 Å². The number of benzene rings is 1. The van der Waals surface area contributed by atoms with Gasteiger partial charge in [0.2, 0.25) is 10.0 Å². The van der Waals surface area contributed by atoms with E-state index in [4.69, 9.17) is 9.88 Å². The summed E-state index contributed by atoms with van der Waals surface area (Å²) in [6, 6.07) is 3.87. The molecule has 0 aliphatic carbocycles. The molecular weight excluding hydrogens is 326 g/mol. The van der Waals surface area contributed by atoms with Crippen LogP contribution in [-0.4, -0.2) is 26.4 Å². The lowest BCUT2D eigenvalue weighted by Gasteiger charge is -2.10. The van der Waals surface area contributed by atoms with E-state index in [1.165, 1.54) is 36.6 Å². The van der Waals surface area contributed by atoms with Gasteiger partial charge in [0.1, 0.15) is 5.75 Å². The van der Waals surface area contributed by atoms with Crippen LogP contribution in [0.3, 0.4) is 0 Å². The number of nitrogens with two attached hydrogens (primary N) is 1. The Morgan fingerprint density at radius 3 is 2.73 bits per heavy atom. The summed E-state index contributed by atoms with van der Waals surface area (Å²) in [5, 5.41) is 10.5. The third-order valence-electron chi connectivity index (χ3n) is 2.84. The maximum atomic E-state index is 12.2. The summed E-state index contributed by atoms with van der Waals surface area (Å²) in [4.78, 5) is 16.3. The largest absolute Gasteiger partial charge is 0.496 e. The Morgan fingerprint density at radius 2 is 2.18 bits per heavy atom. The van der Waals surface area contributed by atoms with E-state index in [-0.39, 0.29) is 22.8 Å². The second kappa shape index (κ2) is 6.42. The Labute approximate surface area is 132 Å². The van der Waals surface area contributed by atoms with Gasteiger partial charge in [-0.2, -0.15) is 0 Å². The van der Waals surface area contributed by atoms with E-state index in [0.717, 1.165) is 10.7 Å². The Kier molecular flexibility index (Phi) is 4.79. The summed E-state index contributed by atoms with van der Waals surface area (Å²) < 4.78 is 27.9. The van der Waals surface area contributed by atoms with Crippen molar-refractivity contribution < 1.29 is 17.9 Å². The lowest BCUT2D eigenvalue weighted by Crippen LogP contribution is -2.24. The van der Waals surface area contributed by atoms with Crippen molar-refractivity contribution in [2.24, 2.45) is 5.14 Å². The van der Waals surface area contributed by atoms with Crippen molar-refractivity contribution >= 4 is 27.3 Å². The highest BCUT2D eigenvalue weighted by atomic mass is 32.2. The molecule has 1 aromatic carbocycles. The van der Waals surface area contributed by atoms with Crippen LogP contribution in [0.25, 0.3) is 0 Å². The molecule has 1 amide bonds. The first-order valence-electron chi connectivity index (χ1n) is 6.21. The van der Waals surface area contributed by atoms with E-state index in [2.05, 4.69) is 10.3 Å². The molecule has 0 aliphatic rings. The van der Waals surface area contributed by atoms with Crippen LogP contribution >= 0.6 is 11.3 Å². The summed E-state index contributed by atoms with van der Waals surface area (Å²) in [6.07, 6.45) is 0. The van der Waals surface area contributed by atoms with Gasteiger partial charge in [-0.05, 0) is 25.1 Å². The number of methoxy groups -OCH3 is 1. The maximum Gasteiger partial charge on any atom is 0.255 e. The van der Waals surface area contributed by atoms with Crippen LogP contribution < -0.4 is 15.2 Å². The number of sulfonamides is 1. The van der Waals surface area contributed by atoms with Gasteiger partial charge in [-0.15, -0.1) is 11.3 Å². The monoisotopic (exact) mass is 341 g/mol. The summed E-state index contributed by atoms with van der Waals surface area (Å²) in [7, 11) is -2.50. The van der Waals surface area contributed by atoms with E-state index in [9.17, 15) is 13.2 Å². The molecule has 3 N–H and O–H groups in total. The topological polar surface area (TPSA) is 111 Å². The quantitative estimate of drug-likeness (QED) is 0.844. The molecule has 0 spiro atoms. The molecule has 0 fully saturated rings. The predicted molar refractivity (Wildman–Crippen MR) is 82.4 cm³/mol. The summed E-state index contributed by atoms with van der Waals surface area (Å²) in [5.74, 6) is -0.202. The molecule has 0 bridgehead atoms. The zero-order valence-electron chi connectivity index (χ0n) is 12.0. The summed E-state index contributed by atoms with van der Waals surface area (Å²) in [5.41, 5.74) is 0.832. The molecule has 0 unspecified atom stereocenters. The Balaban J connectivity index is 2.23. The first kappa shape index (κ1) is 16.4. The number of hydrogen-bond acceptors (Lipinski definition) is 6. The third-order valence-corrected chi connectivity index (χ3v) is 4.57. The van der Waals surface area contributed by atoms with Crippen LogP contribution in [0.15, 0.2) is 28.5 Å². The molecule has 0 saturated heterocycles. The average Bonchev–Trinajstić information content (AvgIpc) is 2.88. The zero-order valence-corrected chi connectivity index (χ0v) is 13.6. The van der Waals surface area contributed by atoms with Crippen molar-refractivity contribution in [3.63, 3.8) is 0 Å². The van der Waals surface area contributed by atoms with Crippen LogP contribution in [0.2, 0.25) is 0 Å². The summed E-state index contributed by atoms with van der Waals surface area (Å²) >= 11 is 1.48. The first-order chi connectivity index (χ1) is 10.3. The lowest BCUT2D eigenvalue weighted by atomic mass is 10.2. The number of hydrogen-bond donors (Lipinski definition) is 2. The normalized spacial score (nSPS) is 11.2. The van der Waals surface area contributed by atoms with Gasteiger partial charge < -0.3 is 10.1 Å². The molecular formula is C13H15N3O4S2. The molecule has 1 aromatic heterocycles. The molecule has 9 heteroatoms. The van der Waals surface area contributed by atoms with Gasteiger partial charge in [-0.1, -0.05) is 0 Å². The Bertz CT molecular complexity index is 799. The minimum absolute atomic E-state index is 0.0981. The maximum absolute atomic E-state index is 12.2. The SMILES string of the molecule is COc1ccc(S(N)(=O)=O)cc1C(=O)NCc1csc(C)n1. The van der Waals surface area contributed by atoms with Crippen LogP contribution in [0, 0.1) is 6.92 Å². The van der Waals surface area contributed by atoms with Crippen LogP contribution in [0.1, 0.15) is 21.1 Å². The predicted octanol–water partition coefficient (Wildman–Crippen LogP) is 1.04. The second-order valence-electron chi connectivity index (χ2n) is 4.45. The number of rotatable bonds is 5. The molecule has 0 radical (unpaired) electrons. The molecule has 22 heavy (non-hydrogen) atoms. The molecule has 2 rings (SSSR count). The smallest absolute Gasteiger partial charge is 0.255 e. The van der Waals surface area contributed by atoms with Crippen molar-refractivity contribution in [2.45, 2.75) is 18.4 Å². The Morgan fingerprint density at radius 1 is 1.45 bits per heavy atom. The number of ether oxygens (including phenoxy) is 1. The number of aryl methyl sites for hydroxylation is 1. The molecule has 0 saturated carbocycles. The van der Waals surface area contributed by atoms with Gasteiger partial charge in [0.05, 0.1) is 34.8 Å². The Hall–Kier alpha value is -1.97. The minimum atomic E-state index is -3.89. The minimum Gasteiger partial charge on any atom is -0.496 e. The number of primary sulfonamides is 1. The summed E-state index contributed by atoms with van der Waals surface area (Å²) in [6.45, 7) is 2.11. The van der Waals surface area contributed by atoms with Gasteiger partial charge in [-0.3, -0.25) is 4.79 Å². The zero-order chi connectivity index (χ0) is 16.3. The van der Waals surface area contributed by atoms with Gasteiger partial charge in [-0.25, -0.2) is 18.5 Å². The molecule has 0 aliphatic heterocycles. The number of aromatic nitrogens is 1. The average molecular weight is 341 g/mol. The molecule has 1 heterocycles. The van der Waals surface area contributed by atoms with Crippen molar-refractivity contribution in [3.05, 3.63) is 39.8 Å².